The standard InChI is InChI=1S/C40H43N3O4/c1-27-37(25-43(3)28(2)34-18-17-31-11-7-8-12-35(31)23-34)46-39(47-38(27)32-15-13-30(26-44)14-16-32)33-19-21-36(22-20-33)42-40(45)41-24-29-9-5-4-6-10-29/h4-23,27-28,37-39,44H,24-26H2,1-3H3,(H2,41,42,45). The third-order valence-electron chi connectivity index (χ3n) is 9.25. The van der Waals surface area contributed by atoms with Crippen LogP contribution in [0.5, 0.6) is 0 Å². The second-order valence-corrected chi connectivity index (χ2v) is 12.5. The maximum absolute atomic E-state index is 12.5. The molecule has 5 aromatic carbocycles. The maximum atomic E-state index is 12.5. The fraction of sp³-hybridized carbons (Fsp3) is 0.275. The predicted molar refractivity (Wildman–Crippen MR) is 187 cm³/mol. The van der Waals surface area contributed by atoms with E-state index >= 15 is 0 Å². The maximum Gasteiger partial charge on any atom is 0.319 e. The van der Waals surface area contributed by atoms with Crippen molar-refractivity contribution in [3.8, 4) is 0 Å². The van der Waals surface area contributed by atoms with Crippen LogP contribution in [0.4, 0.5) is 10.5 Å². The first-order valence-electron chi connectivity index (χ1n) is 16.3. The van der Waals surface area contributed by atoms with Gasteiger partial charge in [0.15, 0.2) is 6.29 Å². The lowest BCUT2D eigenvalue weighted by atomic mass is 9.89. The van der Waals surface area contributed by atoms with E-state index in [1.54, 1.807) is 0 Å². The van der Waals surface area contributed by atoms with Gasteiger partial charge in [-0.05, 0) is 65.2 Å². The Hall–Kier alpha value is -4.53. The first-order valence-corrected chi connectivity index (χ1v) is 16.3. The summed E-state index contributed by atoms with van der Waals surface area (Å²) < 4.78 is 13.4. The Kier molecular flexibility index (Phi) is 10.3. The summed E-state index contributed by atoms with van der Waals surface area (Å²) in [6.45, 7) is 5.57. The molecule has 7 nitrogen and oxygen atoms in total. The van der Waals surface area contributed by atoms with Crippen LogP contribution in [0.1, 0.15) is 60.1 Å². The van der Waals surface area contributed by atoms with Crippen LogP contribution in [0.25, 0.3) is 10.8 Å². The number of nitrogens with zero attached hydrogens (tertiary/aromatic N) is 1. The average Bonchev–Trinajstić information content (AvgIpc) is 3.12. The van der Waals surface area contributed by atoms with Crippen LogP contribution in [0.3, 0.4) is 0 Å². The molecule has 242 valence electrons. The summed E-state index contributed by atoms with van der Waals surface area (Å²) in [5.74, 6) is 0.0618. The van der Waals surface area contributed by atoms with Crippen molar-refractivity contribution < 1.29 is 19.4 Å². The van der Waals surface area contributed by atoms with Gasteiger partial charge in [0.05, 0.1) is 18.8 Å². The van der Waals surface area contributed by atoms with Gasteiger partial charge in [-0.2, -0.15) is 0 Å². The van der Waals surface area contributed by atoms with Gasteiger partial charge in [-0.25, -0.2) is 4.79 Å². The van der Waals surface area contributed by atoms with Gasteiger partial charge in [-0.15, -0.1) is 0 Å². The van der Waals surface area contributed by atoms with E-state index in [2.05, 4.69) is 78.9 Å². The lowest BCUT2D eigenvalue weighted by Crippen LogP contribution is -2.44. The molecule has 6 rings (SSSR count). The third-order valence-corrected chi connectivity index (χ3v) is 9.25. The van der Waals surface area contributed by atoms with Crippen molar-refractivity contribution in [1.82, 2.24) is 10.2 Å². The quantitative estimate of drug-likeness (QED) is 0.145. The Morgan fingerprint density at radius 2 is 1.49 bits per heavy atom. The zero-order chi connectivity index (χ0) is 32.8. The number of amides is 2. The second kappa shape index (κ2) is 14.9. The molecule has 5 unspecified atom stereocenters. The smallest absolute Gasteiger partial charge is 0.319 e. The number of rotatable bonds is 10. The minimum absolute atomic E-state index is 0.00215. The molecule has 1 aliphatic rings. The second-order valence-electron chi connectivity index (χ2n) is 12.5. The molecule has 1 fully saturated rings. The van der Waals surface area contributed by atoms with Crippen molar-refractivity contribution in [3.63, 3.8) is 0 Å². The fourth-order valence-corrected chi connectivity index (χ4v) is 6.17. The minimum Gasteiger partial charge on any atom is -0.392 e. The molecule has 0 aromatic heterocycles. The number of ether oxygens (including phenoxy) is 2. The van der Waals surface area contributed by atoms with Crippen molar-refractivity contribution in [2.45, 2.75) is 51.5 Å². The first-order chi connectivity index (χ1) is 22.9. The van der Waals surface area contributed by atoms with Gasteiger partial charge >= 0.3 is 6.03 Å². The van der Waals surface area contributed by atoms with Crippen LogP contribution in [0, 0.1) is 5.92 Å². The van der Waals surface area contributed by atoms with E-state index in [1.165, 1.54) is 16.3 Å². The molecule has 0 saturated carbocycles. The number of aliphatic hydroxyl groups excluding tert-OH is 1. The Morgan fingerprint density at radius 1 is 0.809 bits per heavy atom. The number of carbonyl (C=O) groups excluding carboxylic acids is 1. The molecule has 7 heteroatoms. The molecule has 0 aliphatic carbocycles. The van der Waals surface area contributed by atoms with Gasteiger partial charge in [-0.1, -0.05) is 110 Å². The van der Waals surface area contributed by atoms with Crippen molar-refractivity contribution >= 4 is 22.5 Å². The molecule has 1 heterocycles. The van der Waals surface area contributed by atoms with Gasteiger partial charge in [0, 0.05) is 36.3 Å². The number of likely N-dealkylation sites (N-methyl/N-ethyl adjacent to an activating group) is 1. The molecular weight excluding hydrogens is 586 g/mol. The van der Waals surface area contributed by atoms with Crippen molar-refractivity contribution in [3.05, 3.63) is 149 Å². The molecule has 5 atom stereocenters. The molecule has 1 aliphatic heterocycles. The molecule has 0 spiro atoms. The van der Waals surface area contributed by atoms with E-state index < -0.39 is 6.29 Å². The van der Waals surface area contributed by atoms with Gasteiger partial charge < -0.3 is 25.2 Å². The number of nitrogens with one attached hydrogen (secondary N) is 2. The molecule has 0 bridgehead atoms. The molecule has 47 heavy (non-hydrogen) atoms. The molecule has 2 amide bonds. The lowest BCUT2D eigenvalue weighted by Gasteiger charge is -2.43. The number of aliphatic hydroxyl groups is 1. The molecular formula is C40H43N3O4. The average molecular weight is 630 g/mol. The summed E-state index contributed by atoms with van der Waals surface area (Å²) in [6.07, 6.45) is -0.924. The van der Waals surface area contributed by atoms with Crippen molar-refractivity contribution in [2.75, 3.05) is 18.9 Å². The van der Waals surface area contributed by atoms with Crippen molar-refractivity contribution in [2.24, 2.45) is 5.92 Å². The van der Waals surface area contributed by atoms with E-state index in [9.17, 15) is 9.90 Å². The Labute approximate surface area is 277 Å². The van der Waals surface area contributed by atoms with E-state index in [1.807, 2.05) is 78.9 Å². The van der Waals surface area contributed by atoms with E-state index in [4.69, 9.17) is 9.47 Å². The van der Waals surface area contributed by atoms with Crippen LogP contribution in [-0.4, -0.2) is 35.7 Å². The summed E-state index contributed by atoms with van der Waals surface area (Å²) in [7, 11) is 2.15. The lowest BCUT2D eigenvalue weighted by molar-refractivity contribution is -0.276. The number of fused-ring (bicyclic) bond motifs is 1. The zero-order valence-electron chi connectivity index (χ0n) is 27.2. The number of urea groups is 1. The summed E-state index contributed by atoms with van der Waals surface area (Å²) in [4.78, 5) is 14.9. The number of anilines is 1. The van der Waals surface area contributed by atoms with Crippen LogP contribution >= 0.6 is 0 Å². The highest BCUT2D eigenvalue weighted by Gasteiger charge is 2.39. The first kappa shape index (κ1) is 32.4. The number of hydrogen-bond donors (Lipinski definition) is 3. The number of carbonyl (C=O) groups is 1. The van der Waals surface area contributed by atoms with Crippen molar-refractivity contribution in [1.29, 1.82) is 0 Å². The topological polar surface area (TPSA) is 83.1 Å². The van der Waals surface area contributed by atoms with E-state index in [0.29, 0.717) is 18.8 Å². The third kappa shape index (κ3) is 7.89. The molecule has 5 aromatic rings. The fourth-order valence-electron chi connectivity index (χ4n) is 6.17. The summed E-state index contributed by atoms with van der Waals surface area (Å²) in [5.41, 5.74) is 5.76. The van der Waals surface area contributed by atoms with Crippen LogP contribution in [0.15, 0.2) is 121 Å². The van der Waals surface area contributed by atoms with Crippen LogP contribution in [0.2, 0.25) is 0 Å². The van der Waals surface area contributed by atoms with Gasteiger partial charge in [0.1, 0.15) is 0 Å². The summed E-state index contributed by atoms with van der Waals surface area (Å²) in [5, 5.41) is 17.9. The van der Waals surface area contributed by atoms with Gasteiger partial charge in [-0.3, -0.25) is 4.90 Å². The molecule has 0 radical (unpaired) electrons. The van der Waals surface area contributed by atoms with Gasteiger partial charge in [0.25, 0.3) is 0 Å². The highest BCUT2D eigenvalue weighted by molar-refractivity contribution is 5.89. The van der Waals surface area contributed by atoms with Crippen LogP contribution < -0.4 is 10.6 Å². The number of hydrogen-bond acceptors (Lipinski definition) is 5. The molecule has 1 saturated heterocycles. The van der Waals surface area contributed by atoms with E-state index in [0.717, 1.165) is 22.3 Å². The minimum atomic E-state index is -0.593. The monoisotopic (exact) mass is 629 g/mol. The normalized spacial score (nSPS) is 20.2. The molecule has 3 N–H and O–H groups in total. The highest BCUT2D eigenvalue weighted by Crippen LogP contribution is 2.42. The highest BCUT2D eigenvalue weighted by atomic mass is 16.7. The van der Waals surface area contributed by atoms with E-state index in [-0.39, 0.29) is 36.8 Å². The Morgan fingerprint density at radius 3 is 2.21 bits per heavy atom. The predicted octanol–water partition coefficient (Wildman–Crippen LogP) is 8.14. The summed E-state index contributed by atoms with van der Waals surface area (Å²) in [6, 6.07) is 40.4. The largest absolute Gasteiger partial charge is 0.392 e. The zero-order valence-corrected chi connectivity index (χ0v) is 27.2. The summed E-state index contributed by atoms with van der Waals surface area (Å²) >= 11 is 0. The number of benzene rings is 5. The van der Waals surface area contributed by atoms with Crippen LogP contribution in [-0.2, 0) is 22.6 Å². The Bertz CT molecular complexity index is 1760. The van der Waals surface area contributed by atoms with Gasteiger partial charge in [0.2, 0.25) is 0 Å². The SMILES string of the molecule is CC1C(CN(C)C(C)c2ccc3ccccc3c2)OC(c2ccc(NC(=O)NCc3ccccc3)cc2)OC1c1ccc(CO)cc1. The Balaban J connectivity index is 1.17.